The van der Waals surface area contributed by atoms with Crippen LogP contribution in [-0.2, 0) is 9.84 Å². The van der Waals surface area contributed by atoms with Crippen LogP contribution in [-0.4, -0.2) is 71.7 Å². The fourth-order valence-corrected chi connectivity index (χ4v) is 6.02. The van der Waals surface area contributed by atoms with Gasteiger partial charge in [-0.3, -0.25) is 14.3 Å². The van der Waals surface area contributed by atoms with Crippen LogP contribution >= 0.6 is 0 Å². The molecular weight excluding hydrogens is 394 g/mol. The summed E-state index contributed by atoms with van der Waals surface area (Å²) in [6.07, 6.45) is 2.10. The zero-order valence-corrected chi connectivity index (χ0v) is 17.4. The first-order valence-corrected chi connectivity index (χ1v) is 11.6. The summed E-state index contributed by atoms with van der Waals surface area (Å²) in [4.78, 5) is 31.0. The highest BCUT2D eigenvalue weighted by Crippen LogP contribution is 2.31. The zero-order valence-electron chi connectivity index (χ0n) is 16.6. The summed E-state index contributed by atoms with van der Waals surface area (Å²) in [6, 6.07) is 3.08. The quantitative estimate of drug-likeness (QED) is 0.777. The average molecular weight is 420 g/mol. The van der Waals surface area contributed by atoms with Crippen molar-refractivity contribution >= 4 is 21.4 Å². The second-order valence-corrected chi connectivity index (χ2v) is 9.94. The van der Waals surface area contributed by atoms with Gasteiger partial charge in [0.25, 0.3) is 11.5 Å². The highest BCUT2D eigenvalue weighted by atomic mass is 32.2. The Morgan fingerprint density at radius 3 is 2.55 bits per heavy atom. The predicted octanol–water partition coefficient (Wildman–Crippen LogP) is 0.510. The van der Waals surface area contributed by atoms with E-state index in [9.17, 15) is 18.0 Å². The number of sulfone groups is 1. The van der Waals surface area contributed by atoms with Crippen molar-refractivity contribution < 1.29 is 13.2 Å². The first-order valence-electron chi connectivity index (χ1n) is 9.75. The van der Waals surface area contributed by atoms with Gasteiger partial charge >= 0.3 is 0 Å². The number of amides is 1. The van der Waals surface area contributed by atoms with Crippen molar-refractivity contribution in [1.82, 2.24) is 19.7 Å². The first-order chi connectivity index (χ1) is 13.8. The lowest BCUT2D eigenvalue weighted by Crippen LogP contribution is -2.49. The van der Waals surface area contributed by atoms with E-state index in [2.05, 4.69) is 15.0 Å². The molecule has 0 saturated carbocycles. The Bertz CT molecular complexity index is 1100. The van der Waals surface area contributed by atoms with Crippen LogP contribution in [0.15, 0.2) is 23.1 Å². The Labute approximate surface area is 169 Å². The molecule has 1 atom stereocenters. The van der Waals surface area contributed by atoms with Crippen molar-refractivity contribution in [3.05, 3.63) is 45.6 Å². The molecule has 2 aliphatic heterocycles. The Morgan fingerprint density at radius 2 is 1.93 bits per heavy atom. The van der Waals surface area contributed by atoms with Crippen molar-refractivity contribution in [1.29, 1.82) is 0 Å². The smallest absolute Gasteiger partial charge is 0.260 e. The molecule has 0 aliphatic carbocycles. The fourth-order valence-electron chi connectivity index (χ4n) is 4.33. The number of nitrogens with zero attached hydrogens (tertiary/aromatic N) is 4. The fraction of sp³-hybridized carbons (Fsp3) is 0.526. The topological polar surface area (TPSA) is 108 Å². The van der Waals surface area contributed by atoms with E-state index < -0.39 is 9.84 Å². The molecule has 0 spiro atoms. The number of piperazine rings is 1. The lowest BCUT2D eigenvalue weighted by Gasteiger charge is -2.36. The monoisotopic (exact) mass is 419 g/mol. The van der Waals surface area contributed by atoms with E-state index in [0.717, 1.165) is 17.1 Å². The van der Waals surface area contributed by atoms with Gasteiger partial charge in [-0.1, -0.05) is 0 Å². The summed E-state index contributed by atoms with van der Waals surface area (Å²) in [5, 5.41) is 4.63. The molecule has 2 aromatic heterocycles. The van der Waals surface area contributed by atoms with Gasteiger partial charge in [0.2, 0.25) is 0 Å². The molecule has 4 rings (SSSR count). The van der Waals surface area contributed by atoms with E-state index in [1.54, 1.807) is 17.0 Å². The number of rotatable bonds is 3. The SMILES string of the molecule is Cc1nn(C2CCS(=O)(=O)C2)c(C)c1N1CCN(C(=O)c2ccc[nH]c2=O)CC1. The Morgan fingerprint density at radius 1 is 1.21 bits per heavy atom. The molecule has 1 amide bonds. The van der Waals surface area contributed by atoms with E-state index in [-0.39, 0.29) is 34.6 Å². The molecule has 29 heavy (non-hydrogen) atoms. The third kappa shape index (κ3) is 3.68. The standard InChI is InChI=1S/C19H25N5O4S/c1-13-17(14(2)24(21-13)15-5-11-29(27,28)12-15)22-7-9-23(10-8-22)19(26)16-4-3-6-20-18(16)25/h3-4,6,15H,5,7-12H2,1-2H3,(H,20,25). The van der Waals surface area contributed by atoms with Crippen LogP contribution in [0.5, 0.6) is 0 Å². The number of hydrogen-bond acceptors (Lipinski definition) is 6. The molecule has 1 unspecified atom stereocenters. The van der Waals surface area contributed by atoms with Gasteiger partial charge in [0.05, 0.1) is 34.6 Å². The first kappa shape index (κ1) is 19.7. The van der Waals surface area contributed by atoms with Crippen molar-refractivity contribution in [3.63, 3.8) is 0 Å². The number of carbonyl (C=O) groups is 1. The van der Waals surface area contributed by atoms with Gasteiger partial charge < -0.3 is 14.8 Å². The van der Waals surface area contributed by atoms with Gasteiger partial charge in [-0.25, -0.2) is 8.42 Å². The van der Waals surface area contributed by atoms with E-state index in [4.69, 9.17) is 0 Å². The Hall–Kier alpha value is -2.62. The Kier molecular flexibility index (Phi) is 4.97. The van der Waals surface area contributed by atoms with Gasteiger partial charge in [-0.2, -0.15) is 5.10 Å². The second-order valence-electron chi connectivity index (χ2n) is 7.71. The molecule has 0 radical (unpaired) electrons. The molecule has 0 aromatic carbocycles. The van der Waals surface area contributed by atoms with Gasteiger partial charge in [0.15, 0.2) is 9.84 Å². The molecule has 10 heteroatoms. The highest BCUT2D eigenvalue weighted by molar-refractivity contribution is 7.91. The van der Waals surface area contributed by atoms with Gasteiger partial charge in [0, 0.05) is 32.4 Å². The minimum Gasteiger partial charge on any atom is -0.365 e. The van der Waals surface area contributed by atoms with E-state index in [1.165, 1.54) is 6.20 Å². The third-order valence-electron chi connectivity index (χ3n) is 5.77. The van der Waals surface area contributed by atoms with Gasteiger partial charge in [-0.05, 0) is 32.4 Å². The van der Waals surface area contributed by atoms with Crippen molar-refractivity contribution in [2.24, 2.45) is 0 Å². The maximum Gasteiger partial charge on any atom is 0.260 e. The number of hydrogen-bond donors (Lipinski definition) is 1. The summed E-state index contributed by atoms with van der Waals surface area (Å²) in [6.45, 7) is 6.19. The molecule has 9 nitrogen and oxygen atoms in total. The van der Waals surface area contributed by atoms with Crippen LogP contribution < -0.4 is 10.5 Å². The lowest BCUT2D eigenvalue weighted by atomic mass is 10.2. The number of aromatic amines is 1. The summed E-state index contributed by atoms with van der Waals surface area (Å²) >= 11 is 0. The van der Waals surface area contributed by atoms with Gasteiger partial charge in [-0.15, -0.1) is 0 Å². The van der Waals surface area contributed by atoms with E-state index in [0.29, 0.717) is 32.6 Å². The minimum atomic E-state index is -2.98. The largest absolute Gasteiger partial charge is 0.365 e. The molecule has 1 N–H and O–H groups in total. The summed E-state index contributed by atoms with van der Waals surface area (Å²) in [5.41, 5.74) is 2.62. The van der Waals surface area contributed by atoms with E-state index >= 15 is 0 Å². The number of aromatic nitrogens is 3. The van der Waals surface area contributed by atoms with Crippen molar-refractivity contribution in [2.75, 3.05) is 42.6 Å². The lowest BCUT2D eigenvalue weighted by molar-refractivity contribution is 0.0745. The van der Waals surface area contributed by atoms with Crippen LogP contribution in [0.1, 0.15) is 34.2 Å². The summed E-state index contributed by atoms with van der Waals surface area (Å²) in [5.74, 6) is 0.0966. The third-order valence-corrected chi connectivity index (χ3v) is 7.52. The second kappa shape index (κ2) is 7.33. The summed E-state index contributed by atoms with van der Waals surface area (Å²) in [7, 11) is -2.98. The number of aryl methyl sites for hydroxylation is 1. The predicted molar refractivity (Wildman–Crippen MR) is 109 cm³/mol. The average Bonchev–Trinajstić information content (AvgIpc) is 3.20. The zero-order chi connectivity index (χ0) is 20.8. The number of carbonyl (C=O) groups excluding carboxylic acids is 1. The number of anilines is 1. The number of nitrogens with one attached hydrogen (secondary N) is 1. The molecule has 156 valence electrons. The molecule has 2 fully saturated rings. The maximum absolute atomic E-state index is 12.7. The van der Waals surface area contributed by atoms with Crippen LogP contribution in [0.2, 0.25) is 0 Å². The molecule has 2 aromatic rings. The van der Waals surface area contributed by atoms with Crippen LogP contribution in [0.4, 0.5) is 5.69 Å². The molecule has 2 saturated heterocycles. The van der Waals surface area contributed by atoms with Crippen LogP contribution in [0, 0.1) is 13.8 Å². The minimum absolute atomic E-state index is 0.111. The number of pyridine rings is 1. The normalized spacial score (nSPS) is 21.5. The molecular formula is C19H25N5O4S. The van der Waals surface area contributed by atoms with Crippen molar-refractivity contribution in [3.8, 4) is 0 Å². The van der Waals surface area contributed by atoms with Crippen molar-refractivity contribution in [2.45, 2.75) is 26.3 Å². The molecule has 2 aliphatic rings. The summed E-state index contributed by atoms with van der Waals surface area (Å²) < 4.78 is 25.6. The maximum atomic E-state index is 12.7. The highest BCUT2D eigenvalue weighted by Gasteiger charge is 2.33. The molecule has 4 heterocycles. The molecule has 0 bridgehead atoms. The van der Waals surface area contributed by atoms with Crippen LogP contribution in [0.25, 0.3) is 0 Å². The van der Waals surface area contributed by atoms with Gasteiger partial charge in [0.1, 0.15) is 5.56 Å². The Balaban J connectivity index is 1.49. The number of H-pyrrole nitrogens is 1. The van der Waals surface area contributed by atoms with Crippen LogP contribution in [0.3, 0.4) is 0 Å². The van der Waals surface area contributed by atoms with E-state index in [1.807, 2.05) is 18.5 Å².